The van der Waals surface area contributed by atoms with Crippen LogP contribution in [0.1, 0.15) is 115 Å². The van der Waals surface area contributed by atoms with Gasteiger partial charge in [-0.05, 0) is 139 Å². The molecule has 7 rings (SSSR count). The van der Waals surface area contributed by atoms with Crippen LogP contribution >= 0.6 is 11.8 Å². The zero-order valence-corrected chi connectivity index (χ0v) is 30.3. The monoisotopic (exact) mass is 656 g/mol. The van der Waals surface area contributed by atoms with Gasteiger partial charge in [0.25, 0.3) is 0 Å². The molecule has 2 aromatic rings. The smallest absolute Gasteiger partial charge is 0.335 e. The number of carboxylic acid groups (broad SMARTS) is 1. The average Bonchev–Trinajstić information content (AvgIpc) is 3.47. The molecule has 1 heterocycles. The number of anilines is 1. The Balaban J connectivity index is 1.09. The molecule has 7 unspecified atom stereocenters. The van der Waals surface area contributed by atoms with Gasteiger partial charge in [-0.1, -0.05) is 59.2 Å². The standard InChI is InChI=1S/C40H56N4O2S/c1-36(2)28(26-9-11-27(12-10-26)34(45)46)15-19-37(3)31(36)16-20-39(5)32(37)14-13-29-30-8-7-18-40(30,22-21-38(29,39)4)43-25-24-42-35-41-23-17-33(44-35)47-6/h9-12,15,17,23,29-32,43H,7-8,13-14,16,18-22,24-25H2,1-6H3,(H,45,46)(H,41,42,44)/t29?,30?,31?,32?,37?,38-,39?,40?/m1/s1. The van der Waals surface area contributed by atoms with E-state index in [0.29, 0.717) is 22.3 Å². The van der Waals surface area contributed by atoms with Crippen LogP contribution in [-0.2, 0) is 0 Å². The number of hydrogen-bond acceptors (Lipinski definition) is 6. The maximum atomic E-state index is 11.5. The zero-order valence-electron chi connectivity index (χ0n) is 29.5. The number of hydrogen-bond donors (Lipinski definition) is 3. The van der Waals surface area contributed by atoms with Gasteiger partial charge in [0.1, 0.15) is 5.03 Å². The summed E-state index contributed by atoms with van der Waals surface area (Å²) in [6.45, 7) is 14.9. The van der Waals surface area contributed by atoms with Gasteiger partial charge in [0, 0.05) is 24.8 Å². The molecule has 0 saturated heterocycles. The normalized spacial score (nSPS) is 38.7. The second-order valence-electron chi connectivity index (χ2n) is 17.0. The third-order valence-corrected chi connectivity index (χ3v) is 15.8. The van der Waals surface area contributed by atoms with E-state index in [2.05, 4.69) is 67.6 Å². The van der Waals surface area contributed by atoms with Crippen molar-refractivity contribution in [2.24, 2.45) is 45.3 Å². The van der Waals surface area contributed by atoms with Crippen LogP contribution in [0.15, 0.2) is 47.6 Å². The summed E-state index contributed by atoms with van der Waals surface area (Å²) in [7, 11) is 0. The van der Waals surface area contributed by atoms with Crippen LogP contribution in [0.4, 0.5) is 5.95 Å². The molecule has 0 bridgehead atoms. The fraction of sp³-hybridized carbons (Fsp3) is 0.675. The number of aromatic carboxylic acids is 1. The van der Waals surface area contributed by atoms with Crippen LogP contribution in [0.25, 0.3) is 5.57 Å². The molecule has 3 N–H and O–H groups in total. The van der Waals surface area contributed by atoms with Crippen molar-refractivity contribution >= 4 is 29.3 Å². The summed E-state index contributed by atoms with van der Waals surface area (Å²) in [5.74, 6) is 2.78. The lowest BCUT2D eigenvalue weighted by Gasteiger charge is -2.72. The van der Waals surface area contributed by atoms with Gasteiger partial charge in [-0.25, -0.2) is 14.8 Å². The summed E-state index contributed by atoms with van der Waals surface area (Å²) in [6, 6.07) is 9.59. The first-order chi connectivity index (χ1) is 22.4. The van der Waals surface area contributed by atoms with E-state index in [0.717, 1.165) is 48.2 Å². The Labute approximate surface area is 286 Å². The minimum atomic E-state index is -0.857. The van der Waals surface area contributed by atoms with Crippen LogP contribution < -0.4 is 10.6 Å². The largest absolute Gasteiger partial charge is 0.478 e. The van der Waals surface area contributed by atoms with E-state index in [1.807, 2.05) is 24.4 Å². The summed E-state index contributed by atoms with van der Waals surface area (Å²) >= 11 is 1.65. The van der Waals surface area contributed by atoms with Crippen molar-refractivity contribution in [1.82, 2.24) is 15.3 Å². The zero-order chi connectivity index (χ0) is 33.2. The highest BCUT2D eigenvalue weighted by Crippen LogP contribution is 2.76. The van der Waals surface area contributed by atoms with E-state index in [9.17, 15) is 9.90 Å². The number of nitrogens with zero attached hydrogens (tertiary/aromatic N) is 2. The molecule has 0 aliphatic heterocycles. The molecule has 0 radical (unpaired) electrons. The lowest BCUT2D eigenvalue weighted by Crippen LogP contribution is -2.67. The van der Waals surface area contributed by atoms with Crippen LogP contribution in [0, 0.1) is 45.3 Å². The molecule has 5 aliphatic carbocycles. The van der Waals surface area contributed by atoms with Gasteiger partial charge in [0.15, 0.2) is 0 Å². The van der Waals surface area contributed by atoms with Gasteiger partial charge in [0.05, 0.1) is 5.56 Å². The van der Waals surface area contributed by atoms with Crippen LogP contribution in [-0.4, -0.2) is 45.9 Å². The summed E-state index contributed by atoms with van der Waals surface area (Å²) in [6.07, 6.45) is 19.6. The van der Waals surface area contributed by atoms with Gasteiger partial charge in [-0.15, -0.1) is 11.8 Å². The molecule has 4 fully saturated rings. The molecule has 1 aromatic heterocycles. The second kappa shape index (κ2) is 11.9. The maximum Gasteiger partial charge on any atom is 0.335 e. The molecule has 254 valence electrons. The summed E-state index contributed by atoms with van der Waals surface area (Å²) in [4.78, 5) is 20.6. The van der Waals surface area contributed by atoms with Gasteiger partial charge >= 0.3 is 5.97 Å². The molecule has 4 saturated carbocycles. The van der Waals surface area contributed by atoms with Gasteiger partial charge in [-0.3, -0.25) is 0 Å². The average molecular weight is 657 g/mol. The number of carboxylic acids is 1. The second-order valence-corrected chi connectivity index (χ2v) is 17.9. The van der Waals surface area contributed by atoms with Crippen molar-refractivity contribution in [2.75, 3.05) is 24.7 Å². The lowest BCUT2D eigenvalue weighted by atomic mass is 9.33. The van der Waals surface area contributed by atoms with E-state index in [1.165, 1.54) is 68.9 Å². The third kappa shape index (κ3) is 5.11. The van der Waals surface area contributed by atoms with E-state index in [-0.39, 0.29) is 16.4 Å². The summed E-state index contributed by atoms with van der Waals surface area (Å²) in [5, 5.41) is 18.1. The minimum Gasteiger partial charge on any atom is -0.478 e. The number of thioether (sulfide) groups is 1. The summed E-state index contributed by atoms with van der Waals surface area (Å²) in [5.41, 5.74) is 4.29. The Morgan fingerprint density at radius 1 is 0.894 bits per heavy atom. The number of rotatable bonds is 8. The highest BCUT2D eigenvalue weighted by molar-refractivity contribution is 7.98. The predicted molar refractivity (Wildman–Crippen MR) is 193 cm³/mol. The van der Waals surface area contributed by atoms with Crippen molar-refractivity contribution < 1.29 is 9.90 Å². The van der Waals surface area contributed by atoms with Crippen molar-refractivity contribution in [2.45, 2.75) is 109 Å². The number of allylic oxidation sites excluding steroid dienone is 2. The third-order valence-electron chi connectivity index (χ3n) is 15.1. The molecular formula is C40H56N4O2S. The number of fused-ring (bicyclic) bond motifs is 7. The molecule has 1 aromatic carbocycles. The van der Waals surface area contributed by atoms with Crippen LogP contribution in [0.5, 0.6) is 0 Å². The van der Waals surface area contributed by atoms with Crippen molar-refractivity contribution in [1.29, 1.82) is 0 Å². The molecule has 8 atom stereocenters. The topological polar surface area (TPSA) is 87.1 Å². The molecule has 0 spiro atoms. The van der Waals surface area contributed by atoms with Crippen LogP contribution in [0.2, 0.25) is 0 Å². The predicted octanol–water partition coefficient (Wildman–Crippen LogP) is 9.20. The molecule has 5 aliphatic rings. The van der Waals surface area contributed by atoms with Crippen molar-refractivity contribution in [3.05, 3.63) is 53.7 Å². The molecule has 6 nitrogen and oxygen atoms in total. The van der Waals surface area contributed by atoms with Crippen molar-refractivity contribution in [3.8, 4) is 0 Å². The Hall–Kier alpha value is -2.38. The van der Waals surface area contributed by atoms with E-state index in [1.54, 1.807) is 23.9 Å². The Morgan fingerprint density at radius 3 is 2.43 bits per heavy atom. The summed E-state index contributed by atoms with van der Waals surface area (Å²) < 4.78 is 0. The highest BCUT2D eigenvalue weighted by Gasteiger charge is 2.69. The first-order valence-electron chi connectivity index (χ1n) is 18.3. The quantitative estimate of drug-likeness (QED) is 0.148. The molecule has 0 amide bonds. The van der Waals surface area contributed by atoms with E-state index < -0.39 is 5.97 Å². The fourth-order valence-electron chi connectivity index (χ4n) is 12.8. The Bertz CT molecular complexity index is 1540. The number of carbonyl (C=O) groups is 1. The maximum absolute atomic E-state index is 11.5. The first-order valence-corrected chi connectivity index (χ1v) is 19.5. The van der Waals surface area contributed by atoms with E-state index in [4.69, 9.17) is 0 Å². The van der Waals surface area contributed by atoms with Gasteiger partial charge in [-0.2, -0.15) is 0 Å². The SMILES string of the molecule is CSc1ccnc(NCCNC23CCCC2C2CCC4C5(C)CC=C(c6ccc(C(=O)O)cc6)C(C)(C)C5CCC4(C)[C@]2(C)CC3)n1. The minimum absolute atomic E-state index is 0.0453. The van der Waals surface area contributed by atoms with Gasteiger partial charge < -0.3 is 15.7 Å². The number of nitrogens with one attached hydrogen (secondary N) is 2. The molecule has 7 heteroatoms. The number of aromatic nitrogens is 2. The lowest BCUT2D eigenvalue weighted by molar-refractivity contribution is -0.216. The van der Waals surface area contributed by atoms with Gasteiger partial charge in [0.2, 0.25) is 5.95 Å². The highest BCUT2D eigenvalue weighted by atomic mass is 32.2. The van der Waals surface area contributed by atoms with Crippen LogP contribution in [0.3, 0.4) is 0 Å². The Morgan fingerprint density at radius 2 is 1.68 bits per heavy atom. The molecular weight excluding hydrogens is 601 g/mol. The molecule has 47 heavy (non-hydrogen) atoms. The van der Waals surface area contributed by atoms with E-state index >= 15 is 0 Å². The number of benzene rings is 1. The first kappa shape index (κ1) is 33.1. The van der Waals surface area contributed by atoms with Crippen molar-refractivity contribution in [3.63, 3.8) is 0 Å². The fourth-order valence-corrected chi connectivity index (χ4v) is 13.2. The Kier molecular flexibility index (Phi) is 8.38.